The Bertz CT molecular complexity index is 1410. The lowest BCUT2D eigenvalue weighted by molar-refractivity contribution is -0.137. The number of aliphatic hydroxyl groups is 1. The van der Waals surface area contributed by atoms with Gasteiger partial charge in [-0.1, -0.05) is 23.3 Å². The van der Waals surface area contributed by atoms with E-state index in [2.05, 4.69) is 37.3 Å². The third kappa shape index (κ3) is 7.53. The molecule has 9 nitrogen and oxygen atoms in total. The van der Waals surface area contributed by atoms with Crippen molar-refractivity contribution in [1.29, 1.82) is 0 Å². The zero-order valence-corrected chi connectivity index (χ0v) is 21.7. The molecular weight excluding hydrogens is 533 g/mol. The van der Waals surface area contributed by atoms with Crippen molar-refractivity contribution in [3.05, 3.63) is 69.9 Å². The third-order valence-corrected chi connectivity index (χ3v) is 6.77. The number of anilines is 2. The van der Waals surface area contributed by atoms with Crippen LogP contribution in [0.15, 0.2) is 42.7 Å². The number of rotatable bonds is 5. The molecule has 204 valence electrons. The maximum absolute atomic E-state index is 12.9. The molecule has 1 aliphatic rings. The van der Waals surface area contributed by atoms with Crippen LogP contribution in [0.1, 0.15) is 31.9 Å². The van der Waals surface area contributed by atoms with Gasteiger partial charge in [-0.2, -0.15) is 13.2 Å². The van der Waals surface area contributed by atoms with Crippen molar-refractivity contribution in [3.63, 3.8) is 0 Å². The number of aliphatic hydroxyl groups excluding tert-OH is 1. The van der Waals surface area contributed by atoms with Crippen LogP contribution in [-0.4, -0.2) is 76.1 Å². The largest absolute Gasteiger partial charge is 0.416 e. The van der Waals surface area contributed by atoms with Gasteiger partial charge in [0.25, 0.3) is 5.91 Å². The second kappa shape index (κ2) is 12.2. The van der Waals surface area contributed by atoms with Gasteiger partial charge in [-0.05, 0) is 42.7 Å². The van der Waals surface area contributed by atoms with Crippen LogP contribution in [0.3, 0.4) is 0 Å². The van der Waals surface area contributed by atoms with Crippen molar-refractivity contribution in [1.82, 2.24) is 19.8 Å². The summed E-state index contributed by atoms with van der Waals surface area (Å²) in [6.07, 6.45) is -2.03. The number of alkyl halides is 3. The molecule has 0 aliphatic carbocycles. The summed E-state index contributed by atoms with van der Waals surface area (Å²) in [6.45, 7) is 4.98. The van der Waals surface area contributed by atoms with Gasteiger partial charge in [0, 0.05) is 50.0 Å². The van der Waals surface area contributed by atoms with Crippen LogP contribution in [0.2, 0.25) is 0 Å². The van der Waals surface area contributed by atoms with Crippen molar-refractivity contribution in [2.75, 3.05) is 50.0 Å². The van der Waals surface area contributed by atoms with Gasteiger partial charge in [0.2, 0.25) is 0 Å². The monoisotopic (exact) mass is 558 g/mol. The molecule has 4 rings (SSSR count). The predicted molar refractivity (Wildman–Crippen MR) is 141 cm³/mol. The molecule has 1 aliphatic heterocycles. The number of hydrogen-bond donors (Lipinski definition) is 3. The summed E-state index contributed by atoms with van der Waals surface area (Å²) in [5.74, 6) is 5.13. The fraction of sp³-hybridized carbons (Fsp3) is 0.308. The molecule has 13 heteroatoms. The number of thiazole rings is 1. The Hall–Kier alpha value is -3.99. The highest BCUT2D eigenvalue weighted by atomic mass is 32.1. The number of piperazine rings is 1. The van der Waals surface area contributed by atoms with Crippen molar-refractivity contribution >= 4 is 34.2 Å². The second-order valence-electron chi connectivity index (χ2n) is 8.67. The molecule has 1 fully saturated rings. The van der Waals surface area contributed by atoms with Crippen LogP contribution in [0.25, 0.3) is 0 Å². The minimum absolute atomic E-state index is 0.0867. The van der Waals surface area contributed by atoms with Gasteiger partial charge in [-0.25, -0.2) is 14.8 Å². The maximum Gasteiger partial charge on any atom is 0.416 e. The summed E-state index contributed by atoms with van der Waals surface area (Å²) in [6, 6.07) is 6.13. The quantitative estimate of drug-likeness (QED) is 0.413. The van der Waals surface area contributed by atoms with E-state index in [1.54, 1.807) is 23.1 Å². The summed E-state index contributed by atoms with van der Waals surface area (Å²) in [5, 5.41) is 14.6. The number of β-amino-alcohol motifs (C(OH)–C–C–N with tert-alkyl or cyclic N) is 1. The Labute approximate surface area is 226 Å². The zero-order valence-electron chi connectivity index (χ0n) is 20.9. The molecule has 3 heterocycles. The van der Waals surface area contributed by atoms with E-state index in [9.17, 15) is 22.8 Å². The third-order valence-electron chi connectivity index (χ3n) is 5.94. The van der Waals surface area contributed by atoms with Crippen molar-refractivity contribution in [2.45, 2.75) is 13.1 Å². The number of aryl methyl sites for hydroxylation is 1. The Balaban J connectivity index is 1.39. The predicted octanol–water partition coefficient (Wildman–Crippen LogP) is 3.66. The van der Waals surface area contributed by atoms with Crippen molar-refractivity contribution < 1.29 is 27.9 Å². The van der Waals surface area contributed by atoms with Crippen molar-refractivity contribution in [3.8, 4) is 11.8 Å². The molecular formula is C26H25F3N6O3S. The molecule has 3 amide bonds. The highest BCUT2D eigenvalue weighted by Gasteiger charge is 2.31. The Kier molecular flexibility index (Phi) is 8.80. The van der Waals surface area contributed by atoms with Crippen LogP contribution in [0.5, 0.6) is 0 Å². The Morgan fingerprint density at radius 2 is 1.85 bits per heavy atom. The summed E-state index contributed by atoms with van der Waals surface area (Å²) >= 11 is 1.21. The number of amides is 3. The van der Waals surface area contributed by atoms with Crippen LogP contribution in [-0.2, 0) is 6.18 Å². The normalized spacial score (nSPS) is 13.9. The summed E-state index contributed by atoms with van der Waals surface area (Å²) < 4.78 is 38.8. The van der Waals surface area contributed by atoms with Gasteiger partial charge in [-0.3, -0.25) is 15.0 Å². The van der Waals surface area contributed by atoms with Gasteiger partial charge in [0.15, 0.2) is 5.13 Å². The van der Waals surface area contributed by atoms with Gasteiger partial charge in [-0.15, -0.1) is 0 Å². The van der Waals surface area contributed by atoms with Crippen LogP contribution < -0.4 is 10.6 Å². The van der Waals surface area contributed by atoms with E-state index in [1.165, 1.54) is 17.5 Å². The smallest absolute Gasteiger partial charge is 0.395 e. The molecule has 0 bridgehead atoms. The molecule has 3 aromatic rings. The number of urea groups is 1. The minimum atomic E-state index is -4.55. The summed E-state index contributed by atoms with van der Waals surface area (Å²) in [7, 11) is 0. The molecule has 0 atom stereocenters. The molecule has 39 heavy (non-hydrogen) atoms. The number of pyridine rings is 1. The zero-order chi connectivity index (χ0) is 28.0. The Morgan fingerprint density at radius 1 is 1.08 bits per heavy atom. The first-order valence-corrected chi connectivity index (χ1v) is 12.8. The van der Waals surface area contributed by atoms with E-state index in [0.717, 1.165) is 23.9 Å². The number of carbonyl (C=O) groups is 2. The molecule has 3 N–H and O–H groups in total. The number of benzene rings is 1. The standard InChI is InChI=1S/C26H25F3N6O3S/c1-17-2-3-19(23(37)32-22-15-20(6-7-30-22)26(27,28)29)14-18(17)4-5-21-16-31-24(39-21)33-25(38)35-10-8-34(9-11-35)12-13-36/h2-3,6-7,14-16,36H,8-13H2,1H3,(H,30,32,37)(H,31,33,38). The molecule has 0 saturated carbocycles. The first kappa shape index (κ1) is 28.0. The topological polar surface area (TPSA) is 111 Å². The number of carbonyl (C=O) groups excluding carboxylic acids is 2. The maximum atomic E-state index is 12.9. The summed E-state index contributed by atoms with van der Waals surface area (Å²) in [5.41, 5.74) is 0.651. The lowest BCUT2D eigenvalue weighted by Crippen LogP contribution is -2.50. The summed E-state index contributed by atoms with van der Waals surface area (Å²) in [4.78, 5) is 37.6. The highest BCUT2D eigenvalue weighted by molar-refractivity contribution is 7.16. The van der Waals surface area contributed by atoms with E-state index in [0.29, 0.717) is 48.3 Å². The lowest BCUT2D eigenvalue weighted by Gasteiger charge is -2.34. The van der Waals surface area contributed by atoms with E-state index < -0.39 is 17.6 Å². The first-order chi connectivity index (χ1) is 18.6. The molecule has 0 spiro atoms. The molecule has 2 aromatic heterocycles. The number of nitrogens with one attached hydrogen (secondary N) is 2. The van der Waals surface area contributed by atoms with Crippen LogP contribution >= 0.6 is 11.3 Å². The second-order valence-corrected chi connectivity index (χ2v) is 9.70. The van der Waals surface area contributed by atoms with E-state index in [-0.39, 0.29) is 24.0 Å². The lowest BCUT2D eigenvalue weighted by atomic mass is 10.0. The average Bonchev–Trinajstić information content (AvgIpc) is 3.35. The van der Waals surface area contributed by atoms with Crippen LogP contribution in [0.4, 0.5) is 28.9 Å². The Morgan fingerprint density at radius 3 is 2.56 bits per heavy atom. The van der Waals surface area contributed by atoms with Gasteiger partial charge in [0.05, 0.1) is 23.2 Å². The number of nitrogens with zero attached hydrogens (tertiary/aromatic N) is 4. The van der Waals surface area contributed by atoms with E-state index >= 15 is 0 Å². The van der Waals surface area contributed by atoms with Gasteiger partial charge in [0.1, 0.15) is 5.82 Å². The van der Waals surface area contributed by atoms with Crippen LogP contribution in [0, 0.1) is 18.8 Å². The fourth-order valence-corrected chi connectivity index (χ4v) is 4.43. The number of halogens is 3. The van der Waals surface area contributed by atoms with Gasteiger partial charge < -0.3 is 15.3 Å². The SMILES string of the molecule is Cc1ccc(C(=O)Nc2cc(C(F)(F)F)ccn2)cc1C#Cc1cnc(NC(=O)N2CCN(CCO)CC2)s1. The molecule has 1 aromatic carbocycles. The van der Waals surface area contributed by atoms with Gasteiger partial charge >= 0.3 is 12.2 Å². The van der Waals surface area contributed by atoms with E-state index in [1.807, 2.05) is 6.92 Å². The number of hydrogen-bond acceptors (Lipinski definition) is 7. The molecule has 0 unspecified atom stereocenters. The minimum Gasteiger partial charge on any atom is -0.395 e. The average molecular weight is 559 g/mol. The van der Waals surface area contributed by atoms with E-state index in [4.69, 9.17) is 5.11 Å². The first-order valence-electron chi connectivity index (χ1n) is 11.9. The highest BCUT2D eigenvalue weighted by Crippen LogP contribution is 2.30. The fourth-order valence-electron chi connectivity index (χ4n) is 3.77. The van der Waals surface area contributed by atoms with Crippen molar-refractivity contribution in [2.24, 2.45) is 0 Å². The molecule has 0 radical (unpaired) electrons. The molecule has 1 saturated heterocycles. The number of aromatic nitrogens is 2.